The first-order valence-corrected chi connectivity index (χ1v) is 6.06. The van der Waals surface area contributed by atoms with Crippen molar-refractivity contribution in [3.63, 3.8) is 0 Å². The van der Waals surface area contributed by atoms with Gasteiger partial charge in [-0.25, -0.2) is 0 Å². The number of aryl methyl sites for hydroxylation is 1. The van der Waals surface area contributed by atoms with Gasteiger partial charge in [0.1, 0.15) is 0 Å². The summed E-state index contributed by atoms with van der Waals surface area (Å²) in [5.74, 6) is 0. The zero-order valence-electron chi connectivity index (χ0n) is 10.7. The third-order valence-electron chi connectivity index (χ3n) is 3.19. The van der Waals surface area contributed by atoms with Crippen LogP contribution in [0.25, 0.3) is 0 Å². The molecule has 1 fully saturated rings. The van der Waals surface area contributed by atoms with Gasteiger partial charge >= 0.3 is 0 Å². The molecule has 1 aliphatic rings. The predicted octanol–water partition coefficient (Wildman–Crippen LogP) is 1.50. The molecule has 0 aliphatic carbocycles. The lowest BCUT2D eigenvalue weighted by Crippen LogP contribution is -2.47. The number of pyridine rings is 1. The lowest BCUT2D eigenvalue weighted by atomic mass is 10.1. The van der Waals surface area contributed by atoms with Gasteiger partial charge in [0.15, 0.2) is 0 Å². The molecular formula is C13H20N2O2. The molecule has 0 amide bonds. The Balaban J connectivity index is 2.33. The summed E-state index contributed by atoms with van der Waals surface area (Å²) in [5, 5.41) is 9.39. The average molecular weight is 236 g/mol. The van der Waals surface area contributed by atoms with E-state index in [1.165, 1.54) is 0 Å². The Morgan fingerprint density at radius 3 is 3.00 bits per heavy atom. The first-order chi connectivity index (χ1) is 8.11. The molecule has 94 valence electrons. The molecule has 1 saturated heterocycles. The summed E-state index contributed by atoms with van der Waals surface area (Å²) in [7, 11) is 0. The van der Waals surface area contributed by atoms with Crippen LogP contribution in [0.15, 0.2) is 12.3 Å². The summed E-state index contributed by atoms with van der Waals surface area (Å²) in [4.78, 5) is 6.53. The maximum absolute atomic E-state index is 9.39. The molecule has 4 nitrogen and oxygen atoms in total. The lowest BCUT2D eigenvalue weighted by molar-refractivity contribution is 0.0342. The quantitative estimate of drug-likeness (QED) is 0.845. The van der Waals surface area contributed by atoms with E-state index in [2.05, 4.69) is 23.7 Å². The summed E-state index contributed by atoms with van der Waals surface area (Å²) in [6.07, 6.45) is 1.99. The summed E-state index contributed by atoms with van der Waals surface area (Å²) in [6.45, 7) is 7.81. The summed E-state index contributed by atoms with van der Waals surface area (Å²) < 4.78 is 5.63. The van der Waals surface area contributed by atoms with Crippen LogP contribution in [0, 0.1) is 6.92 Å². The van der Waals surface area contributed by atoms with Gasteiger partial charge in [0.05, 0.1) is 19.3 Å². The molecule has 1 aliphatic heterocycles. The van der Waals surface area contributed by atoms with Crippen LogP contribution >= 0.6 is 0 Å². The van der Waals surface area contributed by atoms with Crippen molar-refractivity contribution in [2.45, 2.75) is 39.5 Å². The second-order valence-electron chi connectivity index (χ2n) is 4.76. The Bertz CT molecular complexity index is 395. The fraction of sp³-hybridized carbons (Fsp3) is 0.615. The van der Waals surface area contributed by atoms with Crippen LogP contribution in [0.3, 0.4) is 0 Å². The number of aliphatic hydroxyl groups is 1. The Morgan fingerprint density at radius 2 is 2.29 bits per heavy atom. The van der Waals surface area contributed by atoms with Crippen LogP contribution in [-0.4, -0.2) is 35.4 Å². The zero-order valence-corrected chi connectivity index (χ0v) is 10.7. The Hall–Kier alpha value is -1.13. The highest BCUT2D eigenvalue weighted by atomic mass is 16.5. The minimum absolute atomic E-state index is 0.0288. The van der Waals surface area contributed by atoms with Crippen LogP contribution in [0.2, 0.25) is 0 Å². The number of morpholine rings is 1. The highest BCUT2D eigenvalue weighted by Crippen LogP contribution is 2.26. The molecule has 1 N–H and O–H groups in total. The van der Waals surface area contributed by atoms with Gasteiger partial charge in [-0.15, -0.1) is 0 Å². The van der Waals surface area contributed by atoms with Crippen molar-refractivity contribution in [1.82, 2.24) is 4.98 Å². The number of aliphatic hydroxyl groups excluding tert-OH is 1. The maximum atomic E-state index is 9.39. The molecule has 2 rings (SSSR count). The largest absolute Gasteiger partial charge is 0.392 e. The van der Waals surface area contributed by atoms with Crippen molar-refractivity contribution in [2.75, 3.05) is 18.1 Å². The van der Waals surface area contributed by atoms with Crippen molar-refractivity contribution < 1.29 is 9.84 Å². The van der Waals surface area contributed by atoms with E-state index in [-0.39, 0.29) is 12.7 Å². The first kappa shape index (κ1) is 12.3. The fourth-order valence-corrected chi connectivity index (χ4v) is 2.20. The summed E-state index contributed by atoms with van der Waals surface area (Å²) in [6, 6.07) is 2.37. The van der Waals surface area contributed by atoms with Gasteiger partial charge in [0, 0.05) is 35.7 Å². The topological polar surface area (TPSA) is 45.6 Å². The molecular weight excluding hydrogens is 216 g/mol. The number of hydrogen-bond acceptors (Lipinski definition) is 4. The molecule has 2 atom stereocenters. The number of hydrogen-bond donors (Lipinski definition) is 1. The number of rotatable bonds is 2. The van der Waals surface area contributed by atoms with Crippen molar-refractivity contribution in [3.05, 3.63) is 23.5 Å². The monoisotopic (exact) mass is 236 g/mol. The smallest absolute Gasteiger partial charge is 0.0723 e. The molecule has 4 heteroatoms. The minimum atomic E-state index is 0.0288. The van der Waals surface area contributed by atoms with Crippen molar-refractivity contribution in [1.29, 1.82) is 0 Å². The molecule has 0 bridgehead atoms. The Labute approximate surface area is 102 Å². The zero-order chi connectivity index (χ0) is 12.4. The normalized spacial score (nSPS) is 25.1. The second-order valence-corrected chi connectivity index (χ2v) is 4.76. The van der Waals surface area contributed by atoms with Gasteiger partial charge in [0.2, 0.25) is 0 Å². The molecule has 0 radical (unpaired) electrons. The standard InChI is InChI=1S/C13H20N2O2/c1-9-4-13(12(7-16)5-14-9)15-6-11(3)17-8-10(15)2/h4-5,10-11,16H,6-8H2,1-3H3. The molecule has 0 saturated carbocycles. The van der Waals surface area contributed by atoms with E-state index in [0.29, 0.717) is 6.04 Å². The van der Waals surface area contributed by atoms with Gasteiger partial charge < -0.3 is 14.7 Å². The van der Waals surface area contributed by atoms with E-state index in [1.54, 1.807) is 6.20 Å². The maximum Gasteiger partial charge on any atom is 0.0723 e. The SMILES string of the molecule is Cc1cc(N2CC(C)OCC2C)c(CO)cn1. The molecule has 0 aromatic carbocycles. The van der Waals surface area contributed by atoms with Gasteiger partial charge in [-0.05, 0) is 26.8 Å². The highest BCUT2D eigenvalue weighted by molar-refractivity contribution is 5.54. The molecule has 17 heavy (non-hydrogen) atoms. The van der Waals surface area contributed by atoms with E-state index in [0.717, 1.165) is 30.1 Å². The highest BCUT2D eigenvalue weighted by Gasteiger charge is 2.25. The van der Waals surface area contributed by atoms with Gasteiger partial charge in [-0.1, -0.05) is 0 Å². The third-order valence-corrected chi connectivity index (χ3v) is 3.19. The van der Waals surface area contributed by atoms with Crippen molar-refractivity contribution in [2.24, 2.45) is 0 Å². The predicted molar refractivity (Wildman–Crippen MR) is 67.1 cm³/mol. The first-order valence-electron chi connectivity index (χ1n) is 6.06. The van der Waals surface area contributed by atoms with E-state index in [9.17, 15) is 5.11 Å². The van der Waals surface area contributed by atoms with Crippen LogP contribution in [-0.2, 0) is 11.3 Å². The lowest BCUT2D eigenvalue weighted by Gasteiger charge is -2.39. The van der Waals surface area contributed by atoms with Crippen molar-refractivity contribution >= 4 is 5.69 Å². The molecule has 2 unspecified atom stereocenters. The Morgan fingerprint density at radius 1 is 1.53 bits per heavy atom. The fourth-order valence-electron chi connectivity index (χ4n) is 2.20. The Kier molecular flexibility index (Phi) is 3.64. The number of nitrogens with zero attached hydrogens (tertiary/aromatic N) is 2. The molecule has 0 spiro atoms. The summed E-state index contributed by atoms with van der Waals surface area (Å²) in [5.41, 5.74) is 2.95. The van der Waals surface area contributed by atoms with Crippen LogP contribution in [0.4, 0.5) is 5.69 Å². The van der Waals surface area contributed by atoms with Crippen molar-refractivity contribution in [3.8, 4) is 0 Å². The molecule has 2 heterocycles. The minimum Gasteiger partial charge on any atom is -0.392 e. The third kappa shape index (κ3) is 2.58. The summed E-state index contributed by atoms with van der Waals surface area (Å²) >= 11 is 0. The number of aromatic nitrogens is 1. The number of ether oxygens (including phenoxy) is 1. The van der Waals surface area contributed by atoms with Gasteiger partial charge in [0.25, 0.3) is 0 Å². The van der Waals surface area contributed by atoms with E-state index in [1.807, 2.05) is 13.0 Å². The van der Waals surface area contributed by atoms with Crippen LogP contribution < -0.4 is 4.90 Å². The average Bonchev–Trinajstić information content (AvgIpc) is 2.32. The number of anilines is 1. The van der Waals surface area contributed by atoms with Gasteiger partial charge in [-0.3, -0.25) is 4.98 Å². The van der Waals surface area contributed by atoms with Crippen LogP contribution in [0.1, 0.15) is 25.1 Å². The van der Waals surface area contributed by atoms with Gasteiger partial charge in [-0.2, -0.15) is 0 Å². The van der Waals surface area contributed by atoms with Crippen LogP contribution in [0.5, 0.6) is 0 Å². The van der Waals surface area contributed by atoms with E-state index < -0.39 is 0 Å². The molecule has 1 aromatic heterocycles. The second kappa shape index (κ2) is 5.02. The molecule has 1 aromatic rings. The van der Waals surface area contributed by atoms with E-state index in [4.69, 9.17) is 4.74 Å². The van der Waals surface area contributed by atoms with E-state index >= 15 is 0 Å².